The van der Waals surface area contributed by atoms with Gasteiger partial charge in [-0.15, -0.1) is 0 Å². The molecule has 10 heteroatoms. The van der Waals surface area contributed by atoms with Crippen LogP contribution in [-0.4, -0.2) is 35.2 Å². The highest BCUT2D eigenvalue weighted by atomic mass is 19.4. The van der Waals surface area contributed by atoms with E-state index in [-0.39, 0.29) is 12.2 Å². The highest BCUT2D eigenvalue weighted by molar-refractivity contribution is 5.45. The predicted molar refractivity (Wildman–Crippen MR) is 90.4 cm³/mol. The Morgan fingerprint density at radius 1 is 1.15 bits per heavy atom. The van der Waals surface area contributed by atoms with Crippen molar-refractivity contribution in [2.24, 2.45) is 0 Å². The van der Waals surface area contributed by atoms with Gasteiger partial charge in [-0.1, -0.05) is 13.0 Å². The fraction of sp³-hybridized carbons (Fsp3) is 0.412. The summed E-state index contributed by atoms with van der Waals surface area (Å²) in [5, 5.41) is 12.9. The molecule has 0 aliphatic rings. The second-order valence-corrected chi connectivity index (χ2v) is 6.07. The van der Waals surface area contributed by atoms with Crippen molar-refractivity contribution in [2.45, 2.75) is 31.7 Å². The van der Waals surface area contributed by atoms with Crippen LogP contribution in [0.25, 0.3) is 0 Å². The summed E-state index contributed by atoms with van der Waals surface area (Å²) in [5.74, 6) is -2.33. The van der Waals surface area contributed by atoms with E-state index in [0.717, 1.165) is 24.3 Å². The van der Waals surface area contributed by atoms with Gasteiger partial charge in [0.2, 0.25) is 5.95 Å². The van der Waals surface area contributed by atoms with Crippen LogP contribution in [0.5, 0.6) is 0 Å². The van der Waals surface area contributed by atoms with Crippen molar-refractivity contribution in [2.75, 3.05) is 24.3 Å². The van der Waals surface area contributed by atoms with Crippen molar-refractivity contribution >= 4 is 11.8 Å². The summed E-state index contributed by atoms with van der Waals surface area (Å²) < 4.78 is 67.0. The van der Waals surface area contributed by atoms with Crippen LogP contribution in [-0.2, 0) is 6.18 Å². The van der Waals surface area contributed by atoms with E-state index < -0.39 is 47.2 Å². The summed E-state index contributed by atoms with van der Waals surface area (Å²) in [6.45, 7) is 1.60. The molecule has 0 radical (unpaired) electrons. The summed E-state index contributed by atoms with van der Waals surface area (Å²) >= 11 is 0. The van der Waals surface area contributed by atoms with Gasteiger partial charge in [-0.05, 0) is 18.6 Å². The van der Waals surface area contributed by atoms with Crippen LogP contribution in [0.15, 0.2) is 24.3 Å². The van der Waals surface area contributed by atoms with E-state index in [1.807, 2.05) is 0 Å². The zero-order chi connectivity index (χ0) is 20.4. The molecule has 2 aromatic rings. The van der Waals surface area contributed by atoms with Crippen LogP contribution in [0.2, 0.25) is 0 Å². The lowest BCUT2D eigenvalue weighted by Gasteiger charge is -2.25. The van der Waals surface area contributed by atoms with E-state index in [0.29, 0.717) is 0 Å². The molecular weight excluding hydrogens is 371 g/mol. The molecule has 0 fully saturated rings. The van der Waals surface area contributed by atoms with Crippen molar-refractivity contribution in [3.63, 3.8) is 0 Å². The lowest BCUT2D eigenvalue weighted by atomic mass is 9.99. The highest BCUT2D eigenvalue weighted by Crippen LogP contribution is 2.31. The Morgan fingerprint density at radius 2 is 1.74 bits per heavy atom. The number of nitrogens with one attached hydrogen (secondary N) is 1. The molecule has 27 heavy (non-hydrogen) atoms. The largest absolute Gasteiger partial charge is 0.433 e. The molecule has 0 saturated heterocycles. The molecule has 0 aliphatic carbocycles. The number of alkyl halides is 3. The molecule has 0 unspecified atom stereocenters. The van der Waals surface area contributed by atoms with E-state index in [1.54, 1.807) is 6.92 Å². The monoisotopic (exact) mass is 390 g/mol. The molecule has 1 heterocycles. The maximum absolute atomic E-state index is 13.9. The fourth-order valence-corrected chi connectivity index (χ4v) is 2.44. The number of aromatic nitrogens is 2. The van der Waals surface area contributed by atoms with E-state index >= 15 is 0 Å². The number of hydrogen-bond donors (Lipinski definition) is 2. The molecule has 5 nitrogen and oxygen atoms in total. The Bertz CT molecular complexity index is 777. The van der Waals surface area contributed by atoms with Gasteiger partial charge in [0.1, 0.15) is 23.6 Å². The fourth-order valence-electron chi connectivity index (χ4n) is 2.44. The summed E-state index contributed by atoms with van der Waals surface area (Å²) in [6, 6.07) is 2.88. The van der Waals surface area contributed by atoms with Gasteiger partial charge >= 0.3 is 6.18 Å². The molecule has 0 saturated carbocycles. The minimum Gasteiger partial charge on any atom is -0.386 e. The number of hydrogen-bond acceptors (Lipinski definition) is 5. The van der Waals surface area contributed by atoms with Crippen LogP contribution in [0, 0.1) is 11.6 Å². The first-order valence-corrected chi connectivity index (χ1v) is 8.06. The number of halogens is 5. The first-order valence-electron chi connectivity index (χ1n) is 8.06. The number of aliphatic hydroxyl groups excluding tert-OH is 1. The minimum atomic E-state index is -4.71. The Kier molecular flexibility index (Phi) is 6.19. The smallest absolute Gasteiger partial charge is 0.386 e. The molecule has 2 atom stereocenters. The van der Waals surface area contributed by atoms with Crippen molar-refractivity contribution in [1.29, 1.82) is 0 Å². The Balaban J connectivity index is 2.39. The van der Waals surface area contributed by atoms with Gasteiger partial charge in [0.05, 0.1) is 11.6 Å². The van der Waals surface area contributed by atoms with Gasteiger partial charge in [0.15, 0.2) is 5.69 Å². The van der Waals surface area contributed by atoms with E-state index in [2.05, 4.69) is 15.3 Å². The van der Waals surface area contributed by atoms with Crippen molar-refractivity contribution < 1.29 is 27.1 Å². The van der Waals surface area contributed by atoms with E-state index in [4.69, 9.17) is 0 Å². The van der Waals surface area contributed by atoms with Crippen LogP contribution >= 0.6 is 0 Å². The van der Waals surface area contributed by atoms with Gasteiger partial charge in [-0.3, -0.25) is 0 Å². The second-order valence-electron chi connectivity index (χ2n) is 6.07. The van der Waals surface area contributed by atoms with Crippen LogP contribution < -0.4 is 10.2 Å². The third-order valence-corrected chi connectivity index (χ3v) is 3.89. The van der Waals surface area contributed by atoms with Gasteiger partial charge in [-0.25, -0.2) is 13.8 Å². The predicted octanol–water partition coefficient (Wildman–Crippen LogP) is 3.76. The van der Waals surface area contributed by atoms with Crippen LogP contribution in [0.1, 0.15) is 30.7 Å². The summed E-state index contributed by atoms with van der Waals surface area (Å²) in [5.41, 5.74) is -1.75. The third-order valence-electron chi connectivity index (χ3n) is 3.89. The van der Waals surface area contributed by atoms with E-state index in [1.165, 1.54) is 19.0 Å². The summed E-state index contributed by atoms with van der Waals surface area (Å²) in [4.78, 5) is 8.74. The molecule has 0 bridgehead atoms. The molecule has 1 aromatic heterocycles. The molecule has 0 amide bonds. The average Bonchev–Trinajstić information content (AvgIpc) is 2.58. The lowest BCUT2D eigenvalue weighted by molar-refractivity contribution is -0.141. The summed E-state index contributed by atoms with van der Waals surface area (Å²) in [6.07, 6.45) is -6.22. The zero-order valence-electron chi connectivity index (χ0n) is 14.8. The molecule has 2 N–H and O–H groups in total. The normalized spacial score (nSPS) is 14.0. The van der Waals surface area contributed by atoms with Gasteiger partial charge in [0, 0.05) is 20.2 Å². The first kappa shape index (κ1) is 20.8. The molecule has 1 aromatic carbocycles. The standard InChI is InChI=1S/C17H19F5N4O/c1-4-11(15(27)14-9(18)6-5-7-10(14)19)23-16-24-12(17(20,21)22)8-13(25-16)26(2)3/h5-8,11,15,27H,4H2,1-3H3,(H,23,24,25)/t11-,15+/m0/s1. The number of nitrogens with zero attached hydrogens (tertiary/aromatic N) is 3. The third kappa shape index (κ3) is 4.82. The Hall–Kier alpha value is -2.49. The number of rotatable bonds is 6. The lowest BCUT2D eigenvalue weighted by Crippen LogP contribution is -2.30. The number of benzene rings is 1. The Labute approximate surface area is 152 Å². The summed E-state index contributed by atoms with van der Waals surface area (Å²) in [7, 11) is 3.01. The van der Waals surface area contributed by atoms with Gasteiger partial charge in [0.25, 0.3) is 0 Å². The first-order chi connectivity index (χ1) is 12.5. The SMILES string of the molecule is CC[C@H](Nc1nc(N(C)C)cc(C(F)(F)F)n1)[C@@H](O)c1c(F)cccc1F. The molecule has 148 valence electrons. The average molecular weight is 390 g/mol. The van der Waals surface area contributed by atoms with Crippen molar-refractivity contribution in [3.8, 4) is 0 Å². The van der Waals surface area contributed by atoms with Crippen LogP contribution in [0.4, 0.5) is 33.7 Å². The van der Waals surface area contributed by atoms with Crippen LogP contribution in [0.3, 0.4) is 0 Å². The molecule has 2 rings (SSSR count). The maximum Gasteiger partial charge on any atom is 0.433 e. The number of aliphatic hydroxyl groups is 1. The van der Waals surface area contributed by atoms with Gasteiger partial charge < -0.3 is 15.3 Å². The Morgan fingerprint density at radius 3 is 2.22 bits per heavy atom. The molecule has 0 aliphatic heterocycles. The molecule has 0 spiro atoms. The second kappa shape index (κ2) is 8.03. The van der Waals surface area contributed by atoms with Crippen molar-refractivity contribution in [3.05, 3.63) is 47.2 Å². The zero-order valence-corrected chi connectivity index (χ0v) is 14.8. The topological polar surface area (TPSA) is 61.3 Å². The number of anilines is 2. The minimum absolute atomic E-state index is 0.0127. The van der Waals surface area contributed by atoms with Crippen molar-refractivity contribution in [1.82, 2.24) is 9.97 Å². The highest BCUT2D eigenvalue weighted by Gasteiger charge is 2.34. The van der Waals surface area contributed by atoms with Gasteiger partial charge in [-0.2, -0.15) is 18.2 Å². The maximum atomic E-state index is 13.9. The van der Waals surface area contributed by atoms with E-state index in [9.17, 15) is 27.1 Å². The quantitative estimate of drug-likeness (QED) is 0.736. The molecular formula is C17H19F5N4O.